The van der Waals surface area contributed by atoms with Crippen molar-refractivity contribution < 1.29 is 0 Å². The van der Waals surface area contributed by atoms with Crippen molar-refractivity contribution in [3.05, 3.63) is 33.8 Å². The number of piperidine rings is 1. The Labute approximate surface area is 123 Å². The zero-order valence-electron chi connectivity index (χ0n) is 11.2. The molecule has 0 aromatic heterocycles. The highest BCUT2D eigenvalue weighted by Gasteiger charge is 2.40. The van der Waals surface area contributed by atoms with Crippen molar-refractivity contribution in [2.75, 3.05) is 19.6 Å². The van der Waals surface area contributed by atoms with E-state index >= 15 is 0 Å². The van der Waals surface area contributed by atoms with Crippen LogP contribution in [-0.2, 0) is 6.42 Å². The van der Waals surface area contributed by atoms with Crippen molar-refractivity contribution >= 4 is 15.9 Å². The number of halogens is 1. The molecule has 1 N–H and O–H groups in total. The summed E-state index contributed by atoms with van der Waals surface area (Å²) in [6, 6.07) is 8.35. The van der Waals surface area contributed by atoms with E-state index in [4.69, 9.17) is 0 Å². The van der Waals surface area contributed by atoms with Crippen LogP contribution in [0.3, 0.4) is 0 Å². The van der Waals surface area contributed by atoms with E-state index in [0.29, 0.717) is 6.04 Å². The predicted molar refractivity (Wildman–Crippen MR) is 81.3 cm³/mol. The smallest absolute Gasteiger partial charge is 0.0357 e. The van der Waals surface area contributed by atoms with Gasteiger partial charge in [-0.3, -0.25) is 4.90 Å². The third-order valence-corrected chi connectivity index (χ3v) is 5.77. The largest absolute Gasteiger partial charge is 0.315 e. The van der Waals surface area contributed by atoms with Gasteiger partial charge in [0, 0.05) is 23.1 Å². The molecule has 3 aliphatic rings. The minimum absolute atomic E-state index is 0.677. The van der Waals surface area contributed by atoms with Crippen LogP contribution in [0.2, 0.25) is 0 Å². The van der Waals surface area contributed by atoms with Crippen molar-refractivity contribution in [3.63, 3.8) is 0 Å². The summed E-state index contributed by atoms with van der Waals surface area (Å²) in [6.07, 6.45) is 5.37. The molecule has 0 radical (unpaired) electrons. The predicted octanol–water partition coefficient (Wildman–Crippen LogP) is 3.12. The third kappa shape index (κ3) is 2.07. The molecule has 2 aliphatic heterocycles. The molecule has 3 heteroatoms. The van der Waals surface area contributed by atoms with Gasteiger partial charge in [0.05, 0.1) is 0 Å². The van der Waals surface area contributed by atoms with Crippen LogP contribution in [0.25, 0.3) is 0 Å². The number of hydrogen-bond donors (Lipinski definition) is 1. The van der Waals surface area contributed by atoms with E-state index in [2.05, 4.69) is 44.3 Å². The Balaban J connectivity index is 1.64. The minimum Gasteiger partial charge on any atom is -0.315 e. The average molecular weight is 321 g/mol. The maximum atomic E-state index is 3.60. The van der Waals surface area contributed by atoms with Gasteiger partial charge in [-0.25, -0.2) is 0 Å². The molecular formula is C16H21BrN2. The number of hydrogen-bond acceptors (Lipinski definition) is 2. The number of nitrogens with one attached hydrogen (secondary N) is 1. The van der Waals surface area contributed by atoms with Crippen LogP contribution in [0.4, 0.5) is 0 Å². The lowest BCUT2D eigenvalue weighted by molar-refractivity contribution is 0.0771. The van der Waals surface area contributed by atoms with Gasteiger partial charge in [0.2, 0.25) is 0 Å². The summed E-state index contributed by atoms with van der Waals surface area (Å²) in [5.74, 6) is 0.897. The van der Waals surface area contributed by atoms with Gasteiger partial charge in [-0.15, -0.1) is 0 Å². The number of rotatable bonds is 1. The second kappa shape index (κ2) is 4.87. The average Bonchev–Trinajstić information content (AvgIpc) is 3.03. The summed E-state index contributed by atoms with van der Waals surface area (Å²) in [7, 11) is 0. The van der Waals surface area contributed by atoms with Crippen LogP contribution < -0.4 is 5.32 Å². The second-order valence-corrected chi connectivity index (χ2v) is 7.18. The fraction of sp³-hybridized carbons (Fsp3) is 0.625. The fourth-order valence-electron chi connectivity index (χ4n) is 4.40. The molecule has 102 valence electrons. The van der Waals surface area contributed by atoms with E-state index in [0.717, 1.165) is 12.0 Å². The number of nitrogens with zero attached hydrogens (tertiary/aromatic N) is 1. The SMILES string of the molecule is Brc1ccc2c(c1)CCC2N1CCCC2CNCC21. The number of likely N-dealkylation sites (tertiary alicyclic amines) is 1. The molecular weight excluding hydrogens is 300 g/mol. The molecule has 2 saturated heterocycles. The van der Waals surface area contributed by atoms with Crippen molar-refractivity contribution in [2.24, 2.45) is 5.92 Å². The molecule has 0 spiro atoms. The van der Waals surface area contributed by atoms with Crippen molar-refractivity contribution in [1.82, 2.24) is 10.2 Å². The van der Waals surface area contributed by atoms with E-state index < -0.39 is 0 Å². The number of aryl methyl sites for hydroxylation is 1. The molecule has 0 amide bonds. The normalized spacial score (nSPS) is 34.3. The van der Waals surface area contributed by atoms with Crippen molar-refractivity contribution in [1.29, 1.82) is 0 Å². The first kappa shape index (κ1) is 12.4. The zero-order chi connectivity index (χ0) is 12.8. The molecule has 0 bridgehead atoms. The van der Waals surface area contributed by atoms with Gasteiger partial charge in [-0.2, -0.15) is 0 Å². The zero-order valence-corrected chi connectivity index (χ0v) is 12.8. The first-order chi connectivity index (χ1) is 9.33. The van der Waals surface area contributed by atoms with Crippen molar-refractivity contribution in [3.8, 4) is 0 Å². The molecule has 2 nitrogen and oxygen atoms in total. The van der Waals surface area contributed by atoms with Crippen LogP contribution in [0.5, 0.6) is 0 Å². The Morgan fingerprint density at radius 2 is 2.16 bits per heavy atom. The van der Waals surface area contributed by atoms with Gasteiger partial charge in [-0.1, -0.05) is 22.0 Å². The lowest BCUT2D eigenvalue weighted by atomic mass is 9.89. The highest BCUT2D eigenvalue weighted by atomic mass is 79.9. The monoisotopic (exact) mass is 320 g/mol. The van der Waals surface area contributed by atoms with Gasteiger partial charge >= 0.3 is 0 Å². The van der Waals surface area contributed by atoms with Crippen LogP contribution in [0, 0.1) is 5.92 Å². The molecule has 0 saturated carbocycles. The van der Waals surface area contributed by atoms with Gasteiger partial charge in [0.15, 0.2) is 0 Å². The Morgan fingerprint density at radius 3 is 3.11 bits per heavy atom. The van der Waals surface area contributed by atoms with E-state index in [1.165, 1.54) is 49.8 Å². The lowest BCUT2D eigenvalue weighted by Crippen LogP contribution is -2.46. The molecule has 1 aromatic rings. The van der Waals surface area contributed by atoms with Crippen LogP contribution in [-0.4, -0.2) is 30.6 Å². The Bertz CT molecular complexity index is 488. The van der Waals surface area contributed by atoms with Gasteiger partial charge in [-0.05, 0) is 68.0 Å². The third-order valence-electron chi connectivity index (χ3n) is 5.27. The van der Waals surface area contributed by atoms with E-state index in [9.17, 15) is 0 Å². The van der Waals surface area contributed by atoms with Crippen molar-refractivity contribution in [2.45, 2.75) is 37.8 Å². The number of fused-ring (bicyclic) bond motifs is 2. The second-order valence-electron chi connectivity index (χ2n) is 6.26. The molecule has 1 aliphatic carbocycles. The minimum atomic E-state index is 0.677. The molecule has 2 heterocycles. The fourth-order valence-corrected chi connectivity index (χ4v) is 4.81. The number of benzene rings is 1. The van der Waals surface area contributed by atoms with Crippen LogP contribution in [0.15, 0.2) is 22.7 Å². The van der Waals surface area contributed by atoms with E-state index in [1.807, 2.05) is 0 Å². The maximum Gasteiger partial charge on any atom is 0.0357 e. The summed E-state index contributed by atoms with van der Waals surface area (Å²) >= 11 is 3.60. The Morgan fingerprint density at radius 1 is 1.21 bits per heavy atom. The molecule has 2 fully saturated rings. The molecule has 1 aromatic carbocycles. The van der Waals surface area contributed by atoms with Gasteiger partial charge in [0.25, 0.3) is 0 Å². The summed E-state index contributed by atoms with van der Waals surface area (Å²) < 4.78 is 1.23. The van der Waals surface area contributed by atoms with E-state index in [-0.39, 0.29) is 0 Å². The topological polar surface area (TPSA) is 15.3 Å². The first-order valence-electron chi connectivity index (χ1n) is 7.58. The highest BCUT2D eigenvalue weighted by molar-refractivity contribution is 9.10. The molecule has 3 unspecified atom stereocenters. The Kier molecular flexibility index (Phi) is 3.17. The summed E-state index contributed by atoms with van der Waals surface area (Å²) in [6.45, 7) is 3.73. The van der Waals surface area contributed by atoms with Crippen LogP contribution >= 0.6 is 15.9 Å². The van der Waals surface area contributed by atoms with Gasteiger partial charge in [0.1, 0.15) is 0 Å². The standard InChI is InChI=1S/C16H21BrN2/c17-13-4-5-14-11(8-13)3-6-15(14)19-7-1-2-12-9-18-10-16(12)19/h4-5,8,12,15-16,18H,1-3,6-7,9-10H2. The summed E-state index contributed by atoms with van der Waals surface area (Å²) in [4.78, 5) is 2.81. The highest BCUT2D eigenvalue weighted by Crippen LogP contribution is 2.41. The lowest BCUT2D eigenvalue weighted by Gasteiger charge is -2.41. The molecule has 4 rings (SSSR count). The Hall–Kier alpha value is -0.380. The molecule has 3 atom stereocenters. The maximum absolute atomic E-state index is 3.60. The van der Waals surface area contributed by atoms with Crippen LogP contribution in [0.1, 0.15) is 36.4 Å². The van der Waals surface area contributed by atoms with Gasteiger partial charge < -0.3 is 5.32 Å². The summed E-state index contributed by atoms with van der Waals surface area (Å²) in [5, 5.41) is 3.60. The first-order valence-corrected chi connectivity index (χ1v) is 8.37. The summed E-state index contributed by atoms with van der Waals surface area (Å²) in [5.41, 5.74) is 3.16. The quantitative estimate of drug-likeness (QED) is 0.855. The van der Waals surface area contributed by atoms with E-state index in [1.54, 1.807) is 11.1 Å². The molecule has 19 heavy (non-hydrogen) atoms.